The Morgan fingerprint density at radius 1 is 1.16 bits per heavy atom. The maximum absolute atomic E-state index is 13.2. The van der Waals surface area contributed by atoms with Crippen LogP contribution in [0.5, 0.6) is 11.6 Å². The van der Waals surface area contributed by atoms with Gasteiger partial charge in [-0.15, -0.1) is 0 Å². The van der Waals surface area contributed by atoms with Crippen molar-refractivity contribution in [2.45, 2.75) is 6.42 Å². The summed E-state index contributed by atoms with van der Waals surface area (Å²) in [6.45, 7) is 0. The number of amides is 1. The van der Waals surface area contributed by atoms with Gasteiger partial charge in [-0.1, -0.05) is 12.1 Å². The molecule has 2 aromatic carbocycles. The molecule has 160 valence electrons. The Labute approximate surface area is 176 Å². The maximum atomic E-state index is 13.2. The van der Waals surface area contributed by atoms with E-state index in [2.05, 4.69) is 4.98 Å². The fourth-order valence-corrected chi connectivity index (χ4v) is 4.03. The summed E-state index contributed by atoms with van der Waals surface area (Å²) in [5.74, 6) is -1.90. The molecule has 0 fully saturated rings. The van der Waals surface area contributed by atoms with Crippen LogP contribution in [0.3, 0.4) is 0 Å². The molecule has 3 N–H and O–H groups in total. The van der Waals surface area contributed by atoms with Crippen molar-refractivity contribution in [1.82, 2.24) is 14.3 Å². The highest BCUT2D eigenvalue weighted by molar-refractivity contribution is 7.89. The van der Waals surface area contributed by atoms with Crippen molar-refractivity contribution in [3.63, 3.8) is 0 Å². The van der Waals surface area contributed by atoms with Gasteiger partial charge >= 0.3 is 0 Å². The van der Waals surface area contributed by atoms with Crippen molar-refractivity contribution in [2.75, 3.05) is 6.26 Å². The molecular weight excluding hydrogens is 425 g/mol. The van der Waals surface area contributed by atoms with Crippen molar-refractivity contribution >= 4 is 37.6 Å². The average Bonchev–Trinajstić information content (AvgIpc) is 2.97. The van der Waals surface area contributed by atoms with E-state index in [0.29, 0.717) is 12.0 Å². The third-order valence-electron chi connectivity index (χ3n) is 4.92. The standard InChI is InChI=1S/C21H18FN3O5S/c1-25-10-15-16(20(27)24-31(2,29)30)14-8-12(7-11-3-5-13(22)6-4-11)9-23-18(14)19(26)17(15)21(25)28/h3-6,8-10,26,28H,7H2,1-2H3,(H,24,27). The number of aromatic hydroxyl groups is 2. The fraction of sp³-hybridized carbons (Fsp3) is 0.143. The molecule has 0 aliphatic carbocycles. The summed E-state index contributed by atoms with van der Waals surface area (Å²) in [7, 11) is -2.35. The van der Waals surface area contributed by atoms with Crippen LogP contribution in [-0.2, 0) is 23.5 Å². The summed E-state index contributed by atoms with van der Waals surface area (Å²) in [6.07, 6.45) is 4.14. The summed E-state index contributed by atoms with van der Waals surface area (Å²) in [5.41, 5.74) is 1.45. The van der Waals surface area contributed by atoms with Gasteiger partial charge < -0.3 is 14.8 Å². The molecule has 0 spiro atoms. The van der Waals surface area contributed by atoms with Gasteiger partial charge in [0, 0.05) is 30.2 Å². The second-order valence-corrected chi connectivity index (χ2v) is 9.07. The Bertz CT molecular complexity index is 1460. The Kier molecular flexibility index (Phi) is 4.81. The van der Waals surface area contributed by atoms with E-state index < -0.39 is 15.9 Å². The van der Waals surface area contributed by atoms with E-state index in [1.54, 1.807) is 18.2 Å². The summed E-state index contributed by atoms with van der Waals surface area (Å²) in [5, 5.41) is 21.5. The summed E-state index contributed by atoms with van der Waals surface area (Å²) < 4.78 is 39.8. The second-order valence-electron chi connectivity index (χ2n) is 7.32. The van der Waals surface area contributed by atoms with E-state index >= 15 is 0 Å². The van der Waals surface area contributed by atoms with Gasteiger partial charge in [0.15, 0.2) is 5.75 Å². The predicted octanol–water partition coefficient (Wildman–Crippen LogP) is 2.56. The second kappa shape index (κ2) is 7.24. The Balaban J connectivity index is 1.98. The molecule has 0 atom stereocenters. The molecule has 1 amide bonds. The van der Waals surface area contributed by atoms with Crippen molar-refractivity contribution in [2.24, 2.45) is 7.05 Å². The number of benzene rings is 2. The third kappa shape index (κ3) is 3.77. The van der Waals surface area contributed by atoms with Gasteiger partial charge in [-0.05, 0) is 35.7 Å². The van der Waals surface area contributed by atoms with Crippen LogP contribution in [0.25, 0.3) is 21.7 Å². The molecular formula is C21H18FN3O5S. The van der Waals surface area contributed by atoms with Gasteiger partial charge in [-0.25, -0.2) is 17.5 Å². The minimum atomic E-state index is -3.87. The number of carbonyl (C=O) groups excluding carboxylic acids is 1. The van der Waals surface area contributed by atoms with Crippen LogP contribution in [-0.4, -0.2) is 40.3 Å². The number of aromatic nitrogens is 2. The number of pyridine rings is 1. The molecule has 4 rings (SSSR count). The normalized spacial score (nSPS) is 11.8. The minimum Gasteiger partial charge on any atom is -0.505 e. The zero-order chi connectivity index (χ0) is 22.5. The molecule has 0 radical (unpaired) electrons. The topological polar surface area (TPSA) is 122 Å². The smallest absolute Gasteiger partial charge is 0.266 e. The molecule has 0 saturated heterocycles. The number of hydrogen-bond acceptors (Lipinski definition) is 6. The van der Waals surface area contributed by atoms with Gasteiger partial charge in [0.2, 0.25) is 15.9 Å². The molecule has 0 unspecified atom stereocenters. The van der Waals surface area contributed by atoms with Crippen LogP contribution in [0.4, 0.5) is 4.39 Å². The van der Waals surface area contributed by atoms with E-state index in [0.717, 1.165) is 11.8 Å². The largest absolute Gasteiger partial charge is 0.505 e. The third-order valence-corrected chi connectivity index (χ3v) is 5.48. The zero-order valence-corrected chi connectivity index (χ0v) is 17.4. The van der Waals surface area contributed by atoms with E-state index in [1.807, 2.05) is 4.72 Å². The minimum absolute atomic E-state index is 0.00700. The first-order valence-electron chi connectivity index (χ1n) is 9.13. The maximum Gasteiger partial charge on any atom is 0.266 e. The number of halogens is 1. The van der Waals surface area contributed by atoms with Crippen LogP contribution >= 0.6 is 0 Å². The summed E-state index contributed by atoms with van der Waals surface area (Å²) in [4.78, 5) is 17.2. The van der Waals surface area contributed by atoms with E-state index in [1.165, 1.54) is 36.1 Å². The number of aryl methyl sites for hydroxylation is 1. The van der Waals surface area contributed by atoms with Gasteiger partial charge in [-0.3, -0.25) is 9.78 Å². The highest BCUT2D eigenvalue weighted by atomic mass is 32.2. The number of hydrogen-bond donors (Lipinski definition) is 3. The molecule has 2 heterocycles. The Hall–Kier alpha value is -3.66. The lowest BCUT2D eigenvalue weighted by molar-refractivity contribution is 0.0985. The van der Waals surface area contributed by atoms with E-state index in [-0.39, 0.29) is 44.7 Å². The van der Waals surface area contributed by atoms with Gasteiger partial charge in [-0.2, -0.15) is 0 Å². The number of carbonyl (C=O) groups is 1. The van der Waals surface area contributed by atoms with Gasteiger partial charge in [0.1, 0.15) is 11.3 Å². The Morgan fingerprint density at radius 2 is 1.84 bits per heavy atom. The molecule has 0 saturated carbocycles. The number of sulfonamides is 1. The predicted molar refractivity (Wildman–Crippen MR) is 113 cm³/mol. The SMILES string of the molecule is Cn1cc2c(C(=O)NS(C)(=O)=O)c3cc(Cc4ccc(F)cc4)cnc3c(O)c2c1O. The molecule has 2 aromatic heterocycles. The lowest BCUT2D eigenvalue weighted by atomic mass is 9.98. The molecule has 0 bridgehead atoms. The number of rotatable bonds is 4. The number of nitrogens with one attached hydrogen (secondary N) is 1. The zero-order valence-electron chi connectivity index (χ0n) is 16.5. The van der Waals surface area contributed by atoms with Crippen LogP contribution in [0.15, 0.2) is 42.7 Å². The molecule has 0 aliphatic rings. The molecule has 4 aromatic rings. The first kappa shape index (κ1) is 20.6. The van der Waals surface area contributed by atoms with Crippen molar-refractivity contribution in [1.29, 1.82) is 0 Å². The van der Waals surface area contributed by atoms with E-state index in [9.17, 15) is 27.8 Å². The first-order chi connectivity index (χ1) is 14.5. The van der Waals surface area contributed by atoms with Gasteiger partial charge in [0.25, 0.3) is 5.91 Å². The number of fused-ring (bicyclic) bond motifs is 2. The molecule has 31 heavy (non-hydrogen) atoms. The van der Waals surface area contributed by atoms with Crippen LogP contribution in [0, 0.1) is 5.82 Å². The summed E-state index contributed by atoms with van der Waals surface area (Å²) >= 11 is 0. The van der Waals surface area contributed by atoms with Crippen molar-refractivity contribution in [3.8, 4) is 11.6 Å². The number of nitrogens with zero attached hydrogens (tertiary/aromatic N) is 2. The quantitative estimate of drug-likeness (QED) is 0.446. The molecule has 0 aliphatic heterocycles. The first-order valence-corrected chi connectivity index (χ1v) is 11.0. The summed E-state index contributed by atoms with van der Waals surface area (Å²) in [6, 6.07) is 7.51. The monoisotopic (exact) mass is 443 g/mol. The van der Waals surface area contributed by atoms with Crippen LogP contribution in [0.2, 0.25) is 0 Å². The number of phenols is 1. The van der Waals surface area contributed by atoms with Crippen LogP contribution < -0.4 is 4.72 Å². The van der Waals surface area contributed by atoms with E-state index in [4.69, 9.17) is 0 Å². The average molecular weight is 443 g/mol. The number of phenolic OH excluding ortho intramolecular Hbond substituents is 1. The highest BCUT2D eigenvalue weighted by Gasteiger charge is 2.25. The molecule has 8 nitrogen and oxygen atoms in total. The van der Waals surface area contributed by atoms with Crippen molar-refractivity contribution < 1.29 is 27.8 Å². The lowest BCUT2D eigenvalue weighted by Gasteiger charge is -2.12. The van der Waals surface area contributed by atoms with Crippen LogP contribution in [0.1, 0.15) is 21.5 Å². The lowest BCUT2D eigenvalue weighted by Crippen LogP contribution is -2.29. The highest BCUT2D eigenvalue weighted by Crippen LogP contribution is 2.42. The molecule has 10 heteroatoms. The fourth-order valence-electron chi connectivity index (χ4n) is 3.59. The Morgan fingerprint density at radius 3 is 2.48 bits per heavy atom. The van der Waals surface area contributed by atoms with Gasteiger partial charge in [0.05, 0.1) is 17.2 Å². The van der Waals surface area contributed by atoms with Crippen molar-refractivity contribution in [3.05, 3.63) is 65.2 Å².